The number of hydrogen-bond acceptors (Lipinski definition) is 3. The van der Waals surface area contributed by atoms with Crippen molar-refractivity contribution >= 4 is 11.9 Å². The quantitative estimate of drug-likeness (QED) is 0.383. The summed E-state index contributed by atoms with van der Waals surface area (Å²) < 4.78 is 0. The Bertz CT molecular complexity index is 254. The highest BCUT2D eigenvalue weighted by molar-refractivity contribution is 5.94. The summed E-state index contributed by atoms with van der Waals surface area (Å²) in [5.41, 5.74) is 5.19. The summed E-state index contributed by atoms with van der Waals surface area (Å²) in [6, 6.07) is 0. The number of hydrogen-bond donors (Lipinski definition) is 4. The van der Waals surface area contributed by atoms with Crippen LogP contribution < -0.4 is 11.1 Å². The molecule has 0 saturated carbocycles. The first-order valence-electron chi connectivity index (χ1n) is 5.66. The molecule has 6 nitrogen and oxygen atoms in total. The third-order valence-electron chi connectivity index (χ3n) is 2.56. The van der Waals surface area contributed by atoms with Crippen LogP contribution in [-0.4, -0.2) is 54.4 Å². The number of rotatable bonds is 2. The fourth-order valence-electron chi connectivity index (χ4n) is 1.88. The van der Waals surface area contributed by atoms with Gasteiger partial charge in [-0.3, -0.25) is 21.0 Å². The lowest BCUT2D eigenvalue weighted by molar-refractivity contribution is 0.164. The Labute approximate surface area is 96.8 Å². The zero-order valence-corrected chi connectivity index (χ0v) is 10.1. The van der Waals surface area contributed by atoms with Crippen molar-refractivity contribution in [1.82, 2.24) is 15.1 Å². The summed E-state index contributed by atoms with van der Waals surface area (Å²) in [5, 5.41) is 17.3. The summed E-state index contributed by atoms with van der Waals surface area (Å²) in [5.74, 6) is 0.743. The second-order valence-electron chi connectivity index (χ2n) is 4.57. The molecule has 0 amide bonds. The molecular weight excluding hydrogens is 204 g/mol. The molecule has 0 aliphatic carbocycles. The lowest BCUT2D eigenvalue weighted by Crippen LogP contribution is -2.54. The van der Waals surface area contributed by atoms with E-state index in [1.807, 2.05) is 4.90 Å². The van der Waals surface area contributed by atoms with Crippen LogP contribution in [0.5, 0.6) is 0 Å². The van der Waals surface area contributed by atoms with Gasteiger partial charge in [-0.2, -0.15) is 0 Å². The SMILES string of the molecule is CC(C)CN1CCN(C(=N)NC(=N)N)CC1. The number of nitrogens with one attached hydrogen (secondary N) is 3. The molecule has 1 rings (SSSR count). The van der Waals surface area contributed by atoms with E-state index in [1.54, 1.807) is 0 Å². The van der Waals surface area contributed by atoms with Gasteiger partial charge in [0.05, 0.1) is 0 Å². The van der Waals surface area contributed by atoms with Crippen LogP contribution >= 0.6 is 0 Å². The maximum atomic E-state index is 7.70. The Morgan fingerprint density at radius 1 is 1.25 bits per heavy atom. The zero-order chi connectivity index (χ0) is 12.1. The van der Waals surface area contributed by atoms with Gasteiger partial charge in [0.15, 0.2) is 11.9 Å². The summed E-state index contributed by atoms with van der Waals surface area (Å²) in [7, 11) is 0. The van der Waals surface area contributed by atoms with E-state index in [2.05, 4.69) is 24.1 Å². The van der Waals surface area contributed by atoms with Crippen molar-refractivity contribution in [2.45, 2.75) is 13.8 Å². The first-order valence-corrected chi connectivity index (χ1v) is 5.66. The van der Waals surface area contributed by atoms with Crippen LogP contribution in [0.1, 0.15) is 13.8 Å². The van der Waals surface area contributed by atoms with Gasteiger partial charge >= 0.3 is 0 Å². The average Bonchev–Trinajstić information content (AvgIpc) is 2.16. The summed E-state index contributed by atoms with van der Waals surface area (Å²) in [4.78, 5) is 4.32. The molecule has 6 heteroatoms. The molecule has 0 bridgehead atoms. The van der Waals surface area contributed by atoms with Crippen molar-refractivity contribution in [2.24, 2.45) is 11.7 Å². The molecule has 0 atom stereocenters. The molecular formula is C10H22N6. The molecule has 1 heterocycles. The van der Waals surface area contributed by atoms with E-state index in [4.69, 9.17) is 16.6 Å². The Morgan fingerprint density at radius 3 is 2.25 bits per heavy atom. The number of nitrogens with two attached hydrogens (primary N) is 1. The third kappa shape index (κ3) is 4.06. The van der Waals surface area contributed by atoms with Gasteiger partial charge in [-0.05, 0) is 5.92 Å². The van der Waals surface area contributed by atoms with E-state index in [0.29, 0.717) is 5.92 Å². The monoisotopic (exact) mass is 226 g/mol. The number of guanidine groups is 2. The maximum Gasteiger partial charge on any atom is 0.197 e. The fourth-order valence-corrected chi connectivity index (χ4v) is 1.88. The van der Waals surface area contributed by atoms with E-state index in [-0.39, 0.29) is 11.9 Å². The van der Waals surface area contributed by atoms with Crippen molar-refractivity contribution in [3.8, 4) is 0 Å². The normalized spacial score (nSPS) is 17.6. The highest BCUT2D eigenvalue weighted by atomic mass is 15.3. The van der Waals surface area contributed by atoms with Crippen LogP contribution in [0.15, 0.2) is 0 Å². The van der Waals surface area contributed by atoms with Gasteiger partial charge < -0.3 is 10.6 Å². The van der Waals surface area contributed by atoms with Gasteiger partial charge in [0.1, 0.15) is 0 Å². The van der Waals surface area contributed by atoms with Crippen LogP contribution in [0.3, 0.4) is 0 Å². The summed E-state index contributed by atoms with van der Waals surface area (Å²) >= 11 is 0. The highest BCUT2D eigenvalue weighted by Crippen LogP contribution is 2.04. The van der Waals surface area contributed by atoms with Gasteiger partial charge in [0, 0.05) is 32.7 Å². The molecule has 0 spiro atoms. The number of nitrogens with zero attached hydrogens (tertiary/aromatic N) is 2. The van der Waals surface area contributed by atoms with Crippen molar-refractivity contribution in [3.05, 3.63) is 0 Å². The number of piperazine rings is 1. The second-order valence-corrected chi connectivity index (χ2v) is 4.57. The molecule has 1 aliphatic heterocycles. The molecule has 1 saturated heterocycles. The summed E-state index contributed by atoms with van der Waals surface area (Å²) in [6.07, 6.45) is 0. The lowest BCUT2D eigenvalue weighted by Gasteiger charge is -2.36. The Balaban J connectivity index is 2.31. The minimum absolute atomic E-state index is 0.172. The van der Waals surface area contributed by atoms with Gasteiger partial charge in [-0.1, -0.05) is 13.8 Å². The maximum absolute atomic E-state index is 7.70. The topological polar surface area (TPSA) is 92.2 Å². The molecule has 0 radical (unpaired) electrons. The Morgan fingerprint density at radius 2 is 1.81 bits per heavy atom. The predicted molar refractivity (Wildman–Crippen MR) is 65.6 cm³/mol. The van der Waals surface area contributed by atoms with Crippen molar-refractivity contribution < 1.29 is 0 Å². The summed E-state index contributed by atoms with van der Waals surface area (Å²) in [6.45, 7) is 9.14. The largest absolute Gasteiger partial charge is 0.370 e. The molecule has 5 N–H and O–H groups in total. The first kappa shape index (κ1) is 12.8. The van der Waals surface area contributed by atoms with Crippen LogP contribution in [0.2, 0.25) is 0 Å². The first-order chi connectivity index (χ1) is 7.49. The van der Waals surface area contributed by atoms with E-state index in [1.165, 1.54) is 0 Å². The van der Waals surface area contributed by atoms with Crippen LogP contribution in [-0.2, 0) is 0 Å². The highest BCUT2D eigenvalue weighted by Gasteiger charge is 2.19. The Kier molecular flexibility index (Phi) is 4.54. The van der Waals surface area contributed by atoms with Crippen LogP contribution in [0, 0.1) is 16.7 Å². The minimum atomic E-state index is -0.172. The van der Waals surface area contributed by atoms with Crippen LogP contribution in [0.4, 0.5) is 0 Å². The molecule has 92 valence electrons. The smallest absolute Gasteiger partial charge is 0.197 e. The van der Waals surface area contributed by atoms with Crippen molar-refractivity contribution in [1.29, 1.82) is 10.8 Å². The second kappa shape index (κ2) is 5.69. The zero-order valence-electron chi connectivity index (χ0n) is 10.1. The molecule has 0 unspecified atom stereocenters. The molecule has 0 aromatic rings. The predicted octanol–water partition coefficient (Wildman–Crippen LogP) is -0.322. The average molecular weight is 226 g/mol. The van der Waals surface area contributed by atoms with Crippen molar-refractivity contribution in [3.63, 3.8) is 0 Å². The Hall–Kier alpha value is -1.30. The van der Waals surface area contributed by atoms with Gasteiger partial charge in [0.2, 0.25) is 0 Å². The molecule has 0 aromatic heterocycles. The van der Waals surface area contributed by atoms with E-state index < -0.39 is 0 Å². The van der Waals surface area contributed by atoms with E-state index >= 15 is 0 Å². The van der Waals surface area contributed by atoms with Crippen LogP contribution in [0.25, 0.3) is 0 Å². The molecule has 1 fully saturated rings. The lowest BCUT2D eigenvalue weighted by atomic mass is 10.2. The van der Waals surface area contributed by atoms with Gasteiger partial charge in [0.25, 0.3) is 0 Å². The van der Waals surface area contributed by atoms with Crippen molar-refractivity contribution in [2.75, 3.05) is 32.7 Å². The molecule has 1 aliphatic rings. The molecule has 0 aromatic carbocycles. The van der Waals surface area contributed by atoms with E-state index in [0.717, 1.165) is 32.7 Å². The van der Waals surface area contributed by atoms with Gasteiger partial charge in [-0.15, -0.1) is 0 Å². The van der Waals surface area contributed by atoms with E-state index in [9.17, 15) is 0 Å². The minimum Gasteiger partial charge on any atom is -0.370 e. The fraction of sp³-hybridized carbons (Fsp3) is 0.800. The van der Waals surface area contributed by atoms with Gasteiger partial charge in [-0.25, -0.2) is 0 Å². The molecule has 16 heavy (non-hydrogen) atoms. The standard InChI is InChI=1S/C10H22N6/c1-8(2)7-15-3-5-16(6-4-15)10(13)14-9(11)12/h8H,3-7H2,1-2H3,(H5,11,12,13,14). The third-order valence-corrected chi connectivity index (χ3v) is 2.56.